The summed E-state index contributed by atoms with van der Waals surface area (Å²) in [5.74, 6) is 0.900. The summed E-state index contributed by atoms with van der Waals surface area (Å²) in [5, 5.41) is 4.00. The van der Waals surface area contributed by atoms with Crippen LogP contribution in [0.3, 0.4) is 0 Å². The van der Waals surface area contributed by atoms with Gasteiger partial charge in [0.1, 0.15) is 11.4 Å². The number of carbonyl (C=O) groups is 1. The first-order valence-corrected chi connectivity index (χ1v) is 8.98. The molecule has 0 aliphatic carbocycles. The molecule has 128 valence electrons. The van der Waals surface area contributed by atoms with Crippen molar-refractivity contribution in [3.63, 3.8) is 0 Å². The number of Topliss-reactive ketones (excluding diaryl/α,β-unsaturated/α-hetero) is 1. The summed E-state index contributed by atoms with van der Waals surface area (Å²) < 4.78 is 6.27. The van der Waals surface area contributed by atoms with E-state index in [9.17, 15) is 4.79 Å². The molecular weight excluding hydrogens is 332 g/mol. The second kappa shape index (κ2) is 6.48. The summed E-state index contributed by atoms with van der Waals surface area (Å²) in [6, 6.07) is 17.5. The molecule has 0 unspecified atom stereocenters. The van der Waals surface area contributed by atoms with E-state index in [-0.39, 0.29) is 11.4 Å². The third-order valence-corrected chi connectivity index (χ3v) is 5.34. The second-order valence-electron chi connectivity index (χ2n) is 6.66. The fraction of sp³-hybridized carbons (Fsp3) is 0.300. The van der Waals surface area contributed by atoms with Gasteiger partial charge in [0.15, 0.2) is 10.9 Å². The highest BCUT2D eigenvalue weighted by atomic mass is 32.1. The zero-order valence-corrected chi connectivity index (χ0v) is 14.7. The molecule has 2 aliphatic rings. The van der Waals surface area contributed by atoms with Gasteiger partial charge in [0.2, 0.25) is 0 Å². The van der Waals surface area contributed by atoms with Gasteiger partial charge in [-0.05, 0) is 36.5 Å². The Bertz CT molecular complexity index is 798. The lowest BCUT2D eigenvalue weighted by Gasteiger charge is -2.44. The number of para-hydroxylation sites is 2. The number of anilines is 1. The van der Waals surface area contributed by atoms with Crippen LogP contribution in [0.1, 0.15) is 29.6 Å². The van der Waals surface area contributed by atoms with Crippen molar-refractivity contribution in [1.29, 1.82) is 0 Å². The van der Waals surface area contributed by atoms with Crippen LogP contribution in [0.2, 0.25) is 0 Å². The predicted octanol–water partition coefficient (Wildman–Crippen LogP) is 3.88. The van der Waals surface area contributed by atoms with Crippen LogP contribution in [-0.4, -0.2) is 34.5 Å². The summed E-state index contributed by atoms with van der Waals surface area (Å²) in [6.07, 6.45) is 2.05. The summed E-state index contributed by atoms with van der Waals surface area (Å²) in [6.45, 7) is 1.57. The predicted molar refractivity (Wildman–Crippen MR) is 102 cm³/mol. The number of carbonyl (C=O) groups excluding carboxylic acids is 1. The summed E-state index contributed by atoms with van der Waals surface area (Å²) in [7, 11) is 0. The number of rotatable bonds is 1. The van der Waals surface area contributed by atoms with E-state index in [0.717, 1.165) is 42.5 Å². The Hall–Kier alpha value is -2.40. The average Bonchev–Trinajstić information content (AvgIpc) is 2.63. The van der Waals surface area contributed by atoms with Crippen LogP contribution in [0.15, 0.2) is 54.6 Å². The Morgan fingerprint density at radius 3 is 2.48 bits per heavy atom. The third-order valence-electron chi connectivity index (χ3n) is 4.98. The van der Waals surface area contributed by atoms with E-state index in [1.807, 2.05) is 54.6 Å². The van der Waals surface area contributed by atoms with E-state index in [0.29, 0.717) is 12.0 Å². The molecule has 2 aliphatic heterocycles. The topological polar surface area (TPSA) is 41.6 Å². The van der Waals surface area contributed by atoms with Crippen molar-refractivity contribution in [1.82, 2.24) is 4.90 Å². The molecule has 0 atom stereocenters. The Kier molecular flexibility index (Phi) is 4.17. The van der Waals surface area contributed by atoms with Gasteiger partial charge in [-0.2, -0.15) is 0 Å². The van der Waals surface area contributed by atoms with Gasteiger partial charge in [-0.1, -0.05) is 30.3 Å². The number of nitrogens with one attached hydrogen (secondary N) is 1. The van der Waals surface area contributed by atoms with Gasteiger partial charge in [-0.3, -0.25) is 4.79 Å². The van der Waals surface area contributed by atoms with Gasteiger partial charge in [0.05, 0.1) is 12.0 Å². The van der Waals surface area contributed by atoms with E-state index in [2.05, 4.69) is 10.2 Å². The summed E-state index contributed by atoms with van der Waals surface area (Å²) in [5.41, 5.74) is 1.31. The Morgan fingerprint density at radius 1 is 1.04 bits per heavy atom. The number of ketones is 1. The van der Waals surface area contributed by atoms with Crippen molar-refractivity contribution in [3.05, 3.63) is 60.2 Å². The second-order valence-corrected chi connectivity index (χ2v) is 7.05. The third kappa shape index (κ3) is 3.24. The van der Waals surface area contributed by atoms with Gasteiger partial charge in [-0.15, -0.1) is 0 Å². The molecule has 0 radical (unpaired) electrons. The molecule has 0 aromatic heterocycles. The number of thiocarbonyl (C=S) groups is 1. The first-order valence-electron chi connectivity index (χ1n) is 8.57. The zero-order chi connectivity index (χ0) is 17.3. The number of hydrogen-bond acceptors (Lipinski definition) is 3. The van der Waals surface area contributed by atoms with Gasteiger partial charge in [0.25, 0.3) is 0 Å². The van der Waals surface area contributed by atoms with Gasteiger partial charge in [-0.25, -0.2) is 0 Å². The van der Waals surface area contributed by atoms with E-state index >= 15 is 0 Å². The highest BCUT2D eigenvalue weighted by molar-refractivity contribution is 7.80. The lowest BCUT2D eigenvalue weighted by atomic mass is 9.82. The lowest BCUT2D eigenvalue weighted by molar-refractivity contribution is 0.00407. The molecule has 1 saturated heterocycles. The maximum absolute atomic E-state index is 12.5. The van der Waals surface area contributed by atoms with E-state index in [4.69, 9.17) is 17.0 Å². The number of likely N-dealkylation sites (tertiary alicyclic amines) is 1. The molecule has 1 fully saturated rings. The fourth-order valence-electron chi connectivity index (χ4n) is 3.56. The number of piperidine rings is 1. The van der Waals surface area contributed by atoms with E-state index in [1.165, 1.54) is 0 Å². The Morgan fingerprint density at radius 2 is 1.72 bits per heavy atom. The SMILES string of the molecule is O=C1CC2(CCN(C(=S)Nc3ccccc3)CC2)Oc2ccccc21. The van der Waals surface area contributed by atoms with Crippen LogP contribution >= 0.6 is 12.2 Å². The van der Waals surface area contributed by atoms with Crippen LogP contribution in [0.4, 0.5) is 5.69 Å². The molecule has 5 heteroatoms. The number of hydrogen-bond donors (Lipinski definition) is 1. The van der Waals surface area contributed by atoms with E-state index in [1.54, 1.807) is 0 Å². The summed E-state index contributed by atoms with van der Waals surface area (Å²) >= 11 is 5.54. The van der Waals surface area contributed by atoms with Crippen molar-refractivity contribution in [3.8, 4) is 5.75 Å². The minimum Gasteiger partial charge on any atom is -0.486 e. The van der Waals surface area contributed by atoms with Crippen LogP contribution < -0.4 is 10.1 Å². The van der Waals surface area contributed by atoms with E-state index < -0.39 is 0 Å². The molecule has 0 bridgehead atoms. The fourth-order valence-corrected chi connectivity index (χ4v) is 3.86. The highest BCUT2D eigenvalue weighted by Crippen LogP contribution is 2.39. The summed E-state index contributed by atoms with van der Waals surface area (Å²) in [4.78, 5) is 14.6. The monoisotopic (exact) mass is 352 g/mol. The molecule has 0 saturated carbocycles. The minimum absolute atomic E-state index is 0.181. The largest absolute Gasteiger partial charge is 0.486 e. The average molecular weight is 352 g/mol. The molecule has 2 aromatic rings. The molecule has 1 N–H and O–H groups in total. The molecule has 4 rings (SSSR count). The van der Waals surface area contributed by atoms with Gasteiger partial charge >= 0.3 is 0 Å². The van der Waals surface area contributed by atoms with Crippen molar-refractivity contribution in [2.45, 2.75) is 24.9 Å². The van der Waals surface area contributed by atoms with Crippen molar-refractivity contribution in [2.75, 3.05) is 18.4 Å². The zero-order valence-electron chi connectivity index (χ0n) is 13.9. The van der Waals surface area contributed by atoms with Crippen LogP contribution in [0, 0.1) is 0 Å². The van der Waals surface area contributed by atoms with Crippen LogP contribution in [0.5, 0.6) is 5.75 Å². The van der Waals surface area contributed by atoms with Gasteiger partial charge in [0, 0.05) is 31.6 Å². The maximum atomic E-state index is 12.5. The lowest BCUT2D eigenvalue weighted by Crippen LogP contribution is -2.52. The molecule has 0 amide bonds. The minimum atomic E-state index is -0.385. The molecule has 1 spiro atoms. The number of nitrogens with zero attached hydrogens (tertiary/aromatic N) is 1. The van der Waals surface area contributed by atoms with Gasteiger partial charge < -0.3 is 15.0 Å². The van der Waals surface area contributed by atoms with Crippen molar-refractivity contribution in [2.24, 2.45) is 0 Å². The quantitative estimate of drug-likeness (QED) is 0.789. The molecule has 2 aromatic carbocycles. The Labute approximate surface area is 152 Å². The maximum Gasteiger partial charge on any atom is 0.173 e. The standard InChI is InChI=1S/C20H20N2O2S/c23-17-14-20(24-18-9-5-4-8-16(17)18)10-12-22(13-11-20)19(25)21-15-6-2-1-3-7-15/h1-9H,10-14H2,(H,21,25). The van der Waals surface area contributed by atoms with Crippen LogP contribution in [0.25, 0.3) is 0 Å². The number of benzene rings is 2. The van der Waals surface area contributed by atoms with Crippen molar-refractivity contribution < 1.29 is 9.53 Å². The first-order chi connectivity index (χ1) is 12.2. The molecule has 25 heavy (non-hydrogen) atoms. The van der Waals surface area contributed by atoms with Crippen LogP contribution in [-0.2, 0) is 0 Å². The smallest absolute Gasteiger partial charge is 0.173 e. The number of ether oxygens (including phenoxy) is 1. The normalized spacial score (nSPS) is 18.4. The van der Waals surface area contributed by atoms with Crippen molar-refractivity contribution >= 4 is 28.8 Å². The Balaban J connectivity index is 1.42. The highest BCUT2D eigenvalue weighted by Gasteiger charge is 2.43. The molecule has 2 heterocycles. The number of fused-ring (bicyclic) bond motifs is 1. The molecular formula is C20H20N2O2S. The first kappa shape index (κ1) is 16.1. The molecule has 4 nitrogen and oxygen atoms in total.